The standard InChI is InChI=1S/C20H18N4O4/c25-19(26)11-24-18(10-16-14-8-4-5-9-15(14)20(27)21-16)22-17(23-24)12-28-13-6-2-1-3-7-13/h1-9,16H,10-12H2,(H,21,27)(H,25,26). The number of nitrogens with one attached hydrogen (secondary N) is 1. The number of ether oxygens (including phenoxy) is 1. The van der Waals surface area contributed by atoms with Crippen LogP contribution in [0.5, 0.6) is 5.75 Å². The maximum atomic E-state index is 12.1. The molecule has 4 rings (SSSR count). The second kappa shape index (κ2) is 7.51. The van der Waals surface area contributed by atoms with Gasteiger partial charge in [0.25, 0.3) is 5.91 Å². The number of aromatic nitrogens is 3. The van der Waals surface area contributed by atoms with E-state index in [0.717, 1.165) is 5.56 Å². The highest BCUT2D eigenvalue weighted by molar-refractivity contribution is 5.99. The van der Waals surface area contributed by atoms with Gasteiger partial charge < -0.3 is 15.2 Å². The second-order valence-electron chi connectivity index (χ2n) is 6.41. The van der Waals surface area contributed by atoms with E-state index in [2.05, 4.69) is 15.4 Å². The molecule has 8 heteroatoms. The molecular weight excluding hydrogens is 360 g/mol. The maximum Gasteiger partial charge on any atom is 0.325 e. The van der Waals surface area contributed by atoms with Gasteiger partial charge in [0.05, 0.1) is 6.04 Å². The molecule has 28 heavy (non-hydrogen) atoms. The van der Waals surface area contributed by atoms with Gasteiger partial charge in [-0.2, -0.15) is 5.10 Å². The zero-order valence-electron chi connectivity index (χ0n) is 14.9. The summed E-state index contributed by atoms with van der Waals surface area (Å²) in [7, 11) is 0. The first kappa shape index (κ1) is 17.7. The van der Waals surface area contributed by atoms with E-state index in [-0.39, 0.29) is 25.1 Å². The van der Waals surface area contributed by atoms with E-state index in [9.17, 15) is 14.7 Å². The molecule has 0 radical (unpaired) electrons. The number of para-hydroxylation sites is 1. The quantitative estimate of drug-likeness (QED) is 0.651. The van der Waals surface area contributed by atoms with Gasteiger partial charge in [0.1, 0.15) is 24.7 Å². The Morgan fingerprint density at radius 1 is 1.14 bits per heavy atom. The summed E-state index contributed by atoms with van der Waals surface area (Å²) < 4.78 is 7.00. The Morgan fingerprint density at radius 3 is 2.68 bits per heavy atom. The molecule has 1 amide bonds. The Hall–Kier alpha value is -3.68. The molecule has 2 heterocycles. The van der Waals surface area contributed by atoms with Gasteiger partial charge in [0, 0.05) is 12.0 Å². The van der Waals surface area contributed by atoms with Crippen LogP contribution in [0.25, 0.3) is 0 Å². The van der Waals surface area contributed by atoms with Gasteiger partial charge in [0.2, 0.25) is 0 Å². The Morgan fingerprint density at radius 2 is 1.89 bits per heavy atom. The smallest absolute Gasteiger partial charge is 0.325 e. The summed E-state index contributed by atoms with van der Waals surface area (Å²) in [5.74, 6) is 0.388. The lowest BCUT2D eigenvalue weighted by Gasteiger charge is -2.11. The molecule has 0 fully saturated rings. The van der Waals surface area contributed by atoms with Gasteiger partial charge in [-0.05, 0) is 23.8 Å². The number of amides is 1. The van der Waals surface area contributed by atoms with Gasteiger partial charge in [-0.25, -0.2) is 9.67 Å². The van der Waals surface area contributed by atoms with Crippen LogP contribution in [0.3, 0.4) is 0 Å². The van der Waals surface area contributed by atoms with E-state index < -0.39 is 5.97 Å². The summed E-state index contributed by atoms with van der Waals surface area (Å²) in [6, 6.07) is 16.3. The molecular formula is C20H18N4O4. The van der Waals surface area contributed by atoms with Gasteiger partial charge in [-0.15, -0.1) is 0 Å². The van der Waals surface area contributed by atoms with Crippen molar-refractivity contribution in [2.24, 2.45) is 0 Å². The van der Waals surface area contributed by atoms with Crippen LogP contribution < -0.4 is 10.1 Å². The monoisotopic (exact) mass is 378 g/mol. The van der Waals surface area contributed by atoms with Crippen LogP contribution in [-0.4, -0.2) is 31.7 Å². The lowest BCUT2D eigenvalue weighted by atomic mass is 10.0. The third-order valence-corrected chi connectivity index (χ3v) is 4.46. The van der Waals surface area contributed by atoms with Crippen LogP contribution in [0.1, 0.15) is 33.6 Å². The molecule has 1 unspecified atom stereocenters. The largest absolute Gasteiger partial charge is 0.486 e. The van der Waals surface area contributed by atoms with E-state index >= 15 is 0 Å². The summed E-state index contributed by atoms with van der Waals surface area (Å²) in [5.41, 5.74) is 1.50. The highest BCUT2D eigenvalue weighted by atomic mass is 16.5. The molecule has 142 valence electrons. The first-order chi connectivity index (χ1) is 13.6. The van der Waals surface area contributed by atoms with Crippen molar-refractivity contribution in [3.05, 3.63) is 77.4 Å². The number of rotatable bonds is 7. The molecule has 8 nitrogen and oxygen atoms in total. The number of aliphatic carboxylic acids is 1. The molecule has 0 bridgehead atoms. The molecule has 1 aliphatic rings. The molecule has 0 aliphatic carbocycles. The Kier molecular flexibility index (Phi) is 4.76. The zero-order chi connectivity index (χ0) is 19.5. The summed E-state index contributed by atoms with van der Waals surface area (Å²) in [5, 5.41) is 16.4. The topological polar surface area (TPSA) is 106 Å². The molecule has 2 N–H and O–H groups in total. The van der Waals surface area contributed by atoms with Crippen LogP contribution in [0, 0.1) is 0 Å². The van der Waals surface area contributed by atoms with E-state index in [1.807, 2.05) is 48.5 Å². The minimum absolute atomic E-state index is 0.122. The fraction of sp³-hybridized carbons (Fsp3) is 0.200. The number of carbonyl (C=O) groups excluding carboxylic acids is 1. The van der Waals surface area contributed by atoms with E-state index in [4.69, 9.17) is 4.74 Å². The number of nitrogens with zero attached hydrogens (tertiary/aromatic N) is 3. The van der Waals surface area contributed by atoms with Crippen molar-refractivity contribution in [1.29, 1.82) is 0 Å². The van der Waals surface area contributed by atoms with E-state index in [0.29, 0.717) is 29.4 Å². The molecule has 2 aromatic carbocycles. The molecule has 0 saturated carbocycles. The van der Waals surface area contributed by atoms with Crippen molar-refractivity contribution in [3.8, 4) is 5.75 Å². The predicted octanol–water partition coefficient (Wildman–Crippen LogP) is 1.97. The molecule has 3 aromatic rings. The van der Waals surface area contributed by atoms with Crippen LogP contribution >= 0.6 is 0 Å². The van der Waals surface area contributed by atoms with Crippen molar-refractivity contribution in [2.45, 2.75) is 25.6 Å². The second-order valence-corrected chi connectivity index (χ2v) is 6.41. The highest BCUT2D eigenvalue weighted by Gasteiger charge is 2.29. The number of fused-ring (bicyclic) bond motifs is 1. The van der Waals surface area contributed by atoms with Crippen molar-refractivity contribution in [2.75, 3.05) is 0 Å². The van der Waals surface area contributed by atoms with Crippen LogP contribution in [-0.2, 0) is 24.4 Å². The number of hydrogen-bond donors (Lipinski definition) is 2. The predicted molar refractivity (Wildman–Crippen MR) is 98.8 cm³/mol. The fourth-order valence-electron chi connectivity index (χ4n) is 3.22. The normalized spacial score (nSPS) is 15.1. The van der Waals surface area contributed by atoms with E-state index in [1.165, 1.54) is 4.68 Å². The lowest BCUT2D eigenvalue weighted by Crippen LogP contribution is -2.23. The van der Waals surface area contributed by atoms with Gasteiger partial charge >= 0.3 is 5.97 Å². The SMILES string of the molecule is O=C(O)Cn1nc(COc2ccccc2)nc1CC1NC(=O)c2ccccc21. The average Bonchev–Trinajstić information content (AvgIpc) is 3.22. The summed E-state index contributed by atoms with van der Waals surface area (Å²) in [4.78, 5) is 27.8. The van der Waals surface area contributed by atoms with Gasteiger partial charge in [-0.1, -0.05) is 36.4 Å². The first-order valence-corrected chi connectivity index (χ1v) is 8.82. The molecule has 1 atom stereocenters. The fourth-order valence-corrected chi connectivity index (χ4v) is 3.22. The Bertz CT molecular complexity index is 1020. The molecule has 1 aromatic heterocycles. The van der Waals surface area contributed by atoms with Crippen LogP contribution in [0.15, 0.2) is 54.6 Å². The number of benzene rings is 2. The zero-order valence-corrected chi connectivity index (χ0v) is 14.9. The summed E-state index contributed by atoms with van der Waals surface area (Å²) in [6.07, 6.45) is 0.342. The van der Waals surface area contributed by atoms with Gasteiger partial charge in [0.15, 0.2) is 5.82 Å². The summed E-state index contributed by atoms with van der Waals surface area (Å²) in [6.45, 7) is -0.187. The number of carboxylic acids is 1. The van der Waals surface area contributed by atoms with E-state index in [1.54, 1.807) is 6.07 Å². The minimum atomic E-state index is -1.02. The Labute approximate surface area is 160 Å². The van der Waals surface area contributed by atoms with Crippen molar-refractivity contribution >= 4 is 11.9 Å². The number of hydrogen-bond acceptors (Lipinski definition) is 5. The third-order valence-electron chi connectivity index (χ3n) is 4.46. The Balaban J connectivity index is 1.55. The third kappa shape index (κ3) is 3.71. The lowest BCUT2D eigenvalue weighted by molar-refractivity contribution is -0.137. The average molecular weight is 378 g/mol. The number of carboxylic acid groups (broad SMARTS) is 1. The van der Waals surface area contributed by atoms with Crippen molar-refractivity contribution in [1.82, 2.24) is 20.1 Å². The van der Waals surface area contributed by atoms with Crippen LogP contribution in [0.2, 0.25) is 0 Å². The van der Waals surface area contributed by atoms with Crippen molar-refractivity contribution < 1.29 is 19.4 Å². The number of carbonyl (C=O) groups is 2. The maximum absolute atomic E-state index is 12.1. The minimum Gasteiger partial charge on any atom is -0.486 e. The molecule has 1 aliphatic heterocycles. The molecule has 0 saturated heterocycles. The first-order valence-electron chi connectivity index (χ1n) is 8.82. The highest BCUT2D eigenvalue weighted by Crippen LogP contribution is 2.27. The molecule has 0 spiro atoms. The van der Waals surface area contributed by atoms with Crippen LogP contribution in [0.4, 0.5) is 0 Å². The van der Waals surface area contributed by atoms with Gasteiger partial charge in [-0.3, -0.25) is 9.59 Å². The van der Waals surface area contributed by atoms with Crippen molar-refractivity contribution in [3.63, 3.8) is 0 Å². The summed E-state index contributed by atoms with van der Waals surface area (Å²) >= 11 is 0.